The van der Waals surface area contributed by atoms with Gasteiger partial charge in [0.1, 0.15) is 0 Å². The molecular formula is C28H25F3N4O3S. The van der Waals surface area contributed by atoms with Gasteiger partial charge in [-0.15, -0.1) is 0 Å². The van der Waals surface area contributed by atoms with Crippen LogP contribution in [0.4, 0.5) is 18.9 Å². The highest BCUT2D eigenvalue weighted by molar-refractivity contribution is 7.98. The minimum atomic E-state index is -4.43. The summed E-state index contributed by atoms with van der Waals surface area (Å²) < 4.78 is 46.5. The summed E-state index contributed by atoms with van der Waals surface area (Å²) in [5.41, 5.74) is 1.09. The van der Waals surface area contributed by atoms with Crippen molar-refractivity contribution in [2.24, 2.45) is 0 Å². The largest absolute Gasteiger partial charge is 0.416 e. The summed E-state index contributed by atoms with van der Waals surface area (Å²) in [5, 5.41) is 6.71. The van der Waals surface area contributed by atoms with Gasteiger partial charge in [0.05, 0.1) is 16.1 Å². The molecule has 2 amide bonds. The zero-order valence-corrected chi connectivity index (χ0v) is 21.7. The number of aromatic nitrogens is 2. The first kappa shape index (κ1) is 27.9. The number of halogens is 3. The third kappa shape index (κ3) is 7.47. The number of carbonyl (C=O) groups excluding carboxylic acids is 2. The summed E-state index contributed by atoms with van der Waals surface area (Å²) in [6.07, 6.45) is -1.12. The van der Waals surface area contributed by atoms with Crippen molar-refractivity contribution in [3.8, 4) is 22.8 Å². The Morgan fingerprint density at radius 3 is 2.31 bits per heavy atom. The van der Waals surface area contributed by atoms with Gasteiger partial charge in [-0.25, -0.2) is 0 Å². The molecule has 1 heterocycles. The molecule has 4 rings (SSSR count). The molecule has 0 aliphatic rings. The van der Waals surface area contributed by atoms with Gasteiger partial charge in [-0.05, 0) is 66.9 Å². The zero-order chi connectivity index (χ0) is 27.8. The Bertz CT molecular complexity index is 1420. The van der Waals surface area contributed by atoms with Crippen molar-refractivity contribution in [1.29, 1.82) is 0 Å². The Hall–Kier alpha value is -4.12. The van der Waals surface area contributed by atoms with Crippen LogP contribution in [0.1, 0.15) is 48.5 Å². The number of para-hydroxylation sites is 1. The van der Waals surface area contributed by atoms with E-state index in [0.29, 0.717) is 33.7 Å². The number of rotatable bonds is 10. The van der Waals surface area contributed by atoms with Crippen molar-refractivity contribution < 1.29 is 27.3 Å². The molecule has 0 aliphatic carbocycles. The first-order chi connectivity index (χ1) is 18.7. The molecular weight excluding hydrogens is 529 g/mol. The number of unbranched alkanes of at least 4 members (excludes halogenated alkanes) is 2. The van der Waals surface area contributed by atoms with Crippen LogP contribution in [0, 0.1) is 0 Å². The highest BCUT2D eigenvalue weighted by Gasteiger charge is 2.30. The average Bonchev–Trinajstić information content (AvgIpc) is 3.43. The van der Waals surface area contributed by atoms with Crippen molar-refractivity contribution >= 4 is 29.4 Å². The van der Waals surface area contributed by atoms with Gasteiger partial charge in [0.15, 0.2) is 0 Å². The van der Waals surface area contributed by atoms with E-state index in [-0.39, 0.29) is 23.5 Å². The second-order valence-corrected chi connectivity index (χ2v) is 9.46. The molecule has 0 unspecified atom stereocenters. The molecule has 1 aromatic heterocycles. The molecule has 7 nitrogen and oxygen atoms in total. The number of hydrogen-bond donors (Lipinski definition) is 2. The Morgan fingerprint density at radius 2 is 1.62 bits per heavy atom. The van der Waals surface area contributed by atoms with Crippen molar-refractivity contribution in [2.75, 3.05) is 5.32 Å². The normalized spacial score (nSPS) is 11.3. The van der Waals surface area contributed by atoms with Gasteiger partial charge in [0, 0.05) is 23.1 Å². The summed E-state index contributed by atoms with van der Waals surface area (Å²) in [6.45, 7) is 2.08. The van der Waals surface area contributed by atoms with Crippen LogP contribution < -0.4 is 10.0 Å². The molecule has 39 heavy (non-hydrogen) atoms. The van der Waals surface area contributed by atoms with Crippen LogP contribution in [0.15, 0.2) is 82.2 Å². The molecule has 11 heteroatoms. The molecule has 202 valence electrons. The van der Waals surface area contributed by atoms with E-state index in [0.717, 1.165) is 43.3 Å². The van der Waals surface area contributed by atoms with Gasteiger partial charge in [0.25, 0.3) is 11.8 Å². The summed E-state index contributed by atoms with van der Waals surface area (Å²) in [5.74, 6) is -0.104. The van der Waals surface area contributed by atoms with E-state index in [1.54, 1.807) is 42.5 Å². The van der Waals surface area contributed by atoms with E-state index in [1.165, 1.54) is 12.1 Å². The Kier molecular flexibility index (Phi) is 9.03. The number of nitrogens with zero attached hydrogens (tertiary/aromatic N) is 2. The van der Waals surface area contributed by atoms with E-state index in [2.05, 4.69) is 27.1 Å². The fourth-order valence-corrected chi connectivity index (χ4v) is 4.28. The fourth-order valence-electron chi connectivity index (χ4n) is 3.58. The molecule has 0 spiro atoms. The molecule has 0 saturated heterocycles. The molecule has 0 saturated carbocycles. The first-order valence-electron chi connectivity index (χ1n) is 12.2. The SMILES string of the molecule is CCCCCC(=O)NSc1ccccc1NC(=O)c1ccc(-c2nc(-c3ccc(C(F)(F)F)cc3)no2)cc1. The fraction of sp³-hybridized carbons (Fsp3) is 0.214. The average molecular weight is 555 g/mol. The van der Waals surface area contributed by atoms with E-state index < -0.39 is 11.7 Å². The Labute approximate surface area is 227 Å². The third-order valence-electron chi connectivity index (χ3n) is 5.71. The second-order valence-electron chi connectivity index (χ2n) is 8.61. The van der Waals surface area contributed by atoms with Crippen LogP contribution >= 0.6 is 11.9 Å². The van der Waals surface area contributed by atoms with Gasteiger partial charge in [-0.2, -0.15) is 18.2 Å². The number of anilines is 1. The summed E-state index contributed by atoms with van der Waals surface area (Å²) in [6, 6.07) is 18.1. The smallest absolute Gasteiger partial charge is 0.334 e. The number of hydrogen-bond acceptors (Lipinski definition) is 6. The van der Waals surface area contributed by atoms with E-state index >= 15 is 0 Å². The van der Waals surface area contributed by atoms with Crippen LogP contribution in [-0.4, -0.2) is 22.0 Å². The molecule has 2 N–H and O–H groups in total. The van der Waals surface area contributed by atoms with Crippen molar-refractivity contribution in [1.82, 2.24) is 14.9 Å². The van der Waals surface area contributed by atoms with Crippen molar-refractivity contribution in [2.45, 2.75) is 43.7 Å². The molecule has 4 aromatic rings. The minimum absolute atomic E-state index is 0.0623. The lowest BCUT2D eigenvalue weighted by Crippen LogP contribution is -2.16. The number of nitrogens with one attached hydrogen (secondary N) is 2. The van der Waals surface area contributed by atoms with Crippen molar-refractivity contribution in [3.05, 3.63) is 83.9 Å². The summed E-state index contributed by atoms with van der Waals surface area (Å²) in [4.78, 5) is 29.9. The summed E-state index contributed by atoms with van der Waals surface area (Å²) in [7, 11) is 0. The predicted octanol–water partition coefficient (Wildman–Crippen LogP) is 7.38. The lowest BCUT2D eigenvalue weighted by molar-refractivity contribution is -0.137. The van der Waals surface area contributed by atoms with Crippen molar-refractivity contribution in [3.63, 3.8) is 0 Å². The lowest BCUT2D eigenvalue weighted by atomic mass is 10.1. The highest BCUT2D eigenvalue weighted by Crippen LogP contribution is 2.31. The van der Waals surface area contributed by atoms with Gasteiger partial charge in [-0.1, -0.05) is 49.2 Å². The Balaban J connectivity index is 1.39. The van der Waals surface area contributed by atoms with Crippen LogP contribution in [-0.2, 0) is 11.0 Å². The number of amides is 2. The van der Waals surface area contributed by atoms with Crippen LogP contribution in [0.25, 0.3) is 22.8 Å². The molecule has 0 fully saturated rings. The van der Waals surface area contributed by atoms with Gasteiger partial charge in [0.2, 0.25) is 11.7 Å². The predicted molar refractivity (Wildman–Crippen MR) is 143 cm³/mol. The maximum atomic E-state index is 12.9. The quantitative estimate of drug-likeness (QED) is 0.157. The standard InChI is InChI=1S/C28H25F3N4O3S/c1-2-3-4-9-24(36)35-39-23-8-6-5-7-22(23)32-26(37)19-10-12-20(13-11-19)27-33-25(34-38-27)18-14-16-21(17-15-18)28(29,30)31/h5-8,10-17H,2-4,9H2,1H3,(H,32,37)(H,35,36). The lowest BCUT2D eigenvalue weighted by Gasteiger charge is -2.11. The topological polar surface area (TPSA) is 97.1 Å². The number of benzene rings is 3. The third-order valence-corrected chi connectivity index (χ3v) is 6.61. The molecule has 0 bridgehead atoms. The molecule has 0 radical (unpaired) electrons. The number of carbonyl (C=O) groups is 2. The first-order valence-corrected chi connectivity index (χ1v) is 13.0. The van der Waals surface area contributed by atoms with Crippen LogP contribution in [0.5, 0.6) is 0 Å². The molecule has 3 aromatic carbocycles. The second kappa shape index (κ2) is 12.6. The molecule has 0 atom stereocenters. The maximum Gasteiger partial charge on any atom is 0.416 e. The Morgan fingerprint density at radius 1 is 0.923 bits per heavy atom. The van der Waals surface area contributed by atoms with Gasteiger partial charge < -0.3 is 9.84 Å². The summed E-state index contributed by atoms with van der Waals surface area (Å²) >= 11 is 1.15. The van der Waals surface area contributed by atoms with Gasteiger partial charge >= 0.3 is 6.18 Å². The molecule has 0 aliphatic heterocycles. The van der Waals surface area contributed by atoms with Crippen LogP contribution in [0.3, 0.4) is 0 Å². The van der Waals surface area contributed by atoms with Gasteiger partial charge in [-0.3, -0.25) is 14.3 Å². The van der Waals surface area contributed by atoms with Crippen LogP contribution in [0.2, 0.25) is 0 Å². The highest BCUT2D eigenvalue weighted by atomic mass is 32.2. The van der Waals surface area contributed by atoms with E-state index in [9.17, 15) is 22.8 Å². The van der Waals surface area contributed by atoms with E-state index in [4.69, 9.17) is 4.52 Å². The monoisotopic (exact) mass is 554 g/mol. The minimum Gasteiger partial charge on any atom is -0.334 e. The van der Waals surface area contributed by atoms with E-state index in [1.807, 2.05) is 6.07 Å². The zero-order valence-electron chi connectivity index (χ0n) is 20.9. The number of alkyl halides is 3. The maximum absolute atomic E-state index is 12.9.